The zero-order chi connectivity index (χ0) is 8.91. The maximum absolute atomic E-state index is 11.5. The number of allylic oxidation sites excluding steroid dienone is 1. The SMILES string of the molecule is CC(C)CNC=CC(F)(F)F. The standard InChI is InChI=1S/C7H12F3N/c1-6(2)5-11-4-3-7(8,9)10/h3-4,6,11H,5H2,1-2H3. The summed E-state index contributed by atoms with van der Waals surface area (Å²) in [6, 6.07) is 0. The van der Waals surface area contributed by atoms with Crippen LogP contribution in [0.2, 0.25) is 0 Å². The van der Waals surface area contributed by atoms with Gasteiger partial charge < -0.3 is 5.32 Å². The van der Waals surface area contributed by atoms with Crippen LogP contribution in [0.1, 0.15) is 13.8 Å². The van der Waals surface area contributed by atoms with E-state index in [0.717, 1.165) is 6.20 Å². The quantitative estimate of drug-likeness (QED) is 0.680. The van der Waals surface area contributed by atoms with Gasteiger partial charge in [0.05, 0.1) is 0 Å². The van der Waals surface area contributed by atoms with Gasteiger partial charge in [0.1, 0.15) is 0 Å². The Hall–Kier alpha value is -0.670. The first-order valence-electron chi connectivity index (χ1n) is 3.39. The second-order valence-corrected chi connectivity index (χ2v) is 2.68. The van der Waals surface area contributed by atoms with Crippen molar-refractivity contribution in [2.24, 2.45) is 5.92 Å². The number of nitrogens with one attached hydrogen (secondary N) is 1. The first kappa shape index (κ1) is 10.3. The van der Waals surface area contributed by atoms with Gasteiger partial charge in [-0.1, -0.05) is 13.8 Å². The van der Waals surface area contributed by atoms with Crippen molar-refractivity contribution in [1.82, 2.24) is 5.32 Å². The molecule has 0 aliphatic rings. The second kappa shape index (κ2) is 4.26. The summed E-state index contributed by atoms with van der Waals surface area (Å²) in [5.41, 5.74) is 0. The molecule has 0 saturated carbocycles. The summed E-state index contributed by atoms with van der Waals surface area (Å²) in [6.07, 6.45) is -3.08. The second-order valence-electron chi connectivity index (χ2n) is 2.68. The zero-order valence-corrected chi connectivity index (χ0v) is 6.57. The van der Waals surface area contributed by atoms with Crippen LogP contribution in [0.15, 0.2) is 12.3 Å². The summed E-state index contributed by atoms with van der Waals surface area (Å²) in [5.74, 6) is 0.355. The van der Waals surface area contributed by atoms with E-state index in [-0.39, 0.29) is 6.08 Å². The van der Waals surface area contributed by atoms with E-state index in [4.69, 9.17) is 0 Å². The van der Waals surface area contributed by atoms with Crippen molar-refractivity contribution in [3.05, 3.63) is 12.3 Å². The van der Waals surface area contributed by atoms with Crippen molar-refractivity contribution in [3.8, 4) is 0 Å². The van der Waals surface area contributed by atoms with Gasteiger partial charge >= 0.3 is 6.18 Å². The number of halogens is 3. The monoisotopic (exact) mass is 167 g/mol. The molecular formula is C7H12F3N. The van der Waals surface area contributed by atoms with Crippen LogP contribution in [-0.4, -0.2) is 12.7 Å². The molecule has 0 rings (SSSR count). The van der Waals surface area contributed by atoms with Gasteiger partial charge in [-0.3, -0.25) is 0 Å². The molecule has 0 bridgehead atoms. The zero-order valence-electron chi connectivity index (χ0n) is 6.57. The minimum Gasteiger partial charge on any atom is -0.391 e. The van der Waals surface area contributed by atoms with Gasteiger partial charge in [0.15, 0.2) is 0 Å². The normalized spacial score (nSPS) is 12.9. The van der Waals surface area contributed by atoms with Gasteiger partial charge in [0.25, 0.3) is 0 Å². The number of rotatable bonds is 3. The topological polar surface area (TPSA) is 12.0 Å². The molecule has 0 aromatic carbocycles. The van der Waals surface area contributed by atoms with Gasteiger partial charge in [-0.05, 0) is 5.92 Å². The Morgan fingerprint density at radius 3 is 2.27 bits per heavy atom. The fourth-order valence-corrected chi connectivity index (χ4v) is 0.457. The van der Waals surface area contributed by atoms with Crippen LogP contribution in [0.4, 0.5) is 13.2 Å². The maximum Gasteiger partial charge on any atom is 0.411 e. The molecule has 0 aromatic rings. The van der Waals surface area contributed by atoms with Crippen molar-refractivity contribution in [2.45, 2.75) is 20.0 Å². The van der Waals surface area contributed by atoms with Crippen molar-refractivity contribution >= 4 is 0 Å². The fourth-order valence-electron chi connectivity index (χ4n) is 0.457. The summed E-state index contributed by atoms with van der Waals surface area (Å²) in [5, 5.41) is 2.54. The first-order chi connectivity index (χ1) is 4.92. The molecule has 0 radical (unpaired) electrons. The van der Waals surface area contributed by atoms with Crippen molar-refractivity contribution < 1.29 is 13.2 Å². The predicted molar refractivity (Wildman–Crippen MR) is 38.0 cm³/mol. The largest absolute Gasteiger partial charge is 0.411 e. The molecule has 0 spiro atoms. The average molecular weight is 167 g/mol. The molecule has 0 amide bonds. The molecule has 0 heterocycles. The Labute approximate surface area is 64.3 Å². The van der Waals surface area contributed by atoms with E-state index in [0.29, 0.717) is 12.5 Å². The van der Waals surface area contributed by atoms with E-state index in [1.165, 1.54) is 0 Å². The summed E-state index contributed by atoms with van der Waals surface area (Å²) < 4.78 is 34.4. The molecule has 0 aromatic heterocycles. The highest BCUT2D eigenvalue weighted by molar-refractivity contribution is 4.86. The van der Waals surface area contributed by atoms with Crippen LogP contribution in [0.25, 0.3) is 0 Å². The minimum atomic E-state index is -4.20. The lowest BCUT2D eigenvalue weighted by molar-refractivity contribution is -0.0801. The third kappa shape index (κ3) is 9.33. The van der Waals surface area contributed by atoms with Crippen LogP contribution in [0.3, 0.4) is 0 Å². The van der Waals surface area contributed by atoms with E-state index in [2.05, 4.69) is 5.32 Å². The van der Waals surface area contributed by atoms with Crippen molar-refractivity contribution in [2.75, 3.05) is 6.54 Å². The molecule has 0 aliphatic carbocycles. The van der Waals surface area contributed by atoms with Crippen LogP contribution in [-0.2, 0) is 0 Å². The van der Waals surface area contributed by atoms with E-state index in [1.807, 2.05) is 13.8 Å². The molecule has 1 nitrogen and oxygen atoms in total. The molecular weight excluding hydrogens is 155 g/mol. The molecule has 0 unspecified atom stereocenters. The Morgan fingerprint density at radius 2 is 1.91 bits per heavy atom. The Morgan fingerprint density at radius 1 is 1.36 bits per heavy atom. The van der Waals surface area contributed by atoms with Gasteiger partial charge in [0, 0.05) is 18.8 Å². The lowest BCUT2D eigenvalue weighted by atomic mass is 10.2. The van der Waals surface area contributed by atoms with E-state index in [1.54, 1.807) is 0 Å². The highest BCUT2D eigenvalue weighted by Gasteiger charge is 2.21. The Balaban J connectivity index is 3.46. The van der Waals surface area contributed by atoms with Crippen molar-refractivity contribution in [3.63, 3.8) is 0 Å². The molecule has 0 fully saturated rings. The molecule has 0 saturated heterocycles. The van der Waals surface area contributed by atoms with E-state index in [9.17, 15) is 13.2 Å². The average Bonchev–Trinajstić information content (AvgIpc) is 1.78. The molecule has 11 heavy (non-hydrogen) atoms. The lowest BCUT2D eigenvalue weighted by Crippen LogP contribution is -2.14. The molecule has 4 heteroatoms. The minimum absolute atomic E-state index is 0.190. The third-order valence-corrected chi connectivity index (χ3v) is 0.916. The third-order valence-electron chi connectivity index (χ3n) is 0.916. The number of alkyl halides is 3. The highest BCUT2D eigenvalue weighted by atomic mass is 19.4. The maximum atomic E-state index is 11.5. The van der Waals surface area contributed by atoms with Crippen LogP contribution >= 0.6 is 0 Å². The first-order valence-corrected chi connectivity index (χ1v) is 3.39. The van der Waals surface area contributed by atoms with Crippen LogP contribution in [0.5, 0.6) is 0 Å². The Bertz CT molecular complexity index is 126. The molecule has 1 N–H and O–H groups in total. The molecule has 0 atom stereocenters. The number of hydrogen-bond donors (Lipinski definition) is 1. The lowest BCUT2D eigenvalue weighted by Gasteiger charge is -2.03. The van der Waals surface area contributed by atoms with Crippen molar-refractivity contribution in [1.29, 1.82) is 0 Å². The van der Waals surface area contributed by atoms with Crippen LogP contribution in [0, 0.1) is 5.92 Å². The van der Waals surface area contributed by atoms with Gasteiger partial charge in [0.2, 0.25) is 0 Å². The molecule has 66 valence electrons. The van der Waals surface area contributed by atoms with E-state index < -0.39 is 6.18 Å². The molecule has 0 aliphatic heterocycles. The summed E-state index contributed by atoms with van der Waals surface area (Å²) in [7, 11) is 0. The number of hydrogen-bond acceptors (Lipinski definition) is 1. The summed E-state index contributed by atoms with van der Waals surface area (Å²) >= 11 is 0. The Kier molecular flexibility index (Phi) is 4.00. The fraction of sp³-hybridized carbons (Fsp3) is 0.714. The predicted octanol–water partition coefficient (Wildman–Crippen LogP) is 2.31. The smallest absolute Gasteiger partial charge is 0.391 e. The summed E-state index contributed by atoms with van der Waals surface area (Å²) in [4.78, 5) is 0. The van der Waals surface area contributed by atoms with Gasteiger partial charge in [-0.15, -0.1) is 0 Å². The van der Waals surface area contributed by atoms with Crippen LogP contribution < -0.4 is 5.32 Å². The van der Waals surface area contributed by atoms with Gasteiger partial charge in [-0.25, -0.2) is 0 Å². The summed E-state index contributed by atoms with van der Waals surface area (Å²) in [6.45, 7) is 4.41. The van der Waals surface area contributed by atoms with E-state index >= 15 is 0 Å². The van der Waals surface area contributed by atoms with Gasteiger partial charge in [-0.2, -0.15) is 13.2 Å². The highest BCUT2D eigenvalue weighted by Crippen LogP contribution is 2.14.